The van der Waals surface area contributed by atoms with Crippen LogP contribution in [0.4, 0.5) is 8.78 Å². The molecule has 4 aromatic rings. The Balaban J connectivity index is 1.76. The van der Waals surface area contributed by atoms with Crippen molar-refractivity contribution in [1.82, 2.24) is 14.8 Å². The lowest BCUT2D eigenvalue weighted by Gasteiger charge is -2.15. The number of Topliss-reactive ketones (excluding diaryl/α,β-unsaturated/α-hetero) is 1. The van der Waals surface area contributed by atoms with Crippen LogP contribution in [0.15, 0.2) is 71.9 Å². The van der Waals surface area contributed by atoms with Crippen LogP contribution in [0.3, 0.4) is 0 Å². The Kier molecular flexibility index (Phi) is 6.93. The first-order valence-corrected chi connectivity index (χ1v) is 11.2. The zero-order chi connectivity index (χ0) is 24.2. The van der Waals surface area contributed by atoms with Crippen LogP contribution in [-0.2, 0) is 0 Å². The smallest absolute Gasteiger partial charge is 0.196 e. The van der Waals surface area contributed by atoms with E-state index in [2.05, 4.69) is 10.2 Å². The minimum Gasteiger partial charge on any atom is -0.497 e. The van der Waals surface area contributed by atoms with Crippen LogP contribution in [0.1, 0.15) is 17.3 Å². The molecule has 0 saturated carbocycles. The van der Waals surface area contributed by atoms with Gasteiger partial charge in [-0.1, -0.05) is 23.9 Å². The molecule has 0 aliphatic heterocycles. The molecule has 0 fully saturated rings. The van der Waals surface area contributed by atoms with Gasteiger partial charge in [0.25, 0.3) is 0 Å². The number of rotatable bonds is 8. The fourth-order valence-corrected chi connectivity index (χ4v) is 4.37. The highest BCUT2D eigenvalue weighted by Gasteiger charge is 2.25. The predicted molar refractivity (Wildman–Crippen MR) is 126 cm³/mol. The highest BCUT2D eigenvalue weighted by molar-refractivity contribution is 8.00. The number of aromatic nitrogens is 3. The van der Waals surface area contributed by atoms with Crippen LogP contribution >= 0.6 is 11.8 Å². The number of hydrogen-bond donors (Lipinski definition) is 0. The molecule has 0 N–H and O–H groups in total. The summed E-state index contributed by atoms with van der Waals surface area (Å²) in [6.45, 7) is 1.64. The van der Waals surface area contributed by atoms with E-state index in [1.54, 1.807) is 37.8 Å². The number of ether oxygens (including phenoxy) is 2. The minimum atomic E-state index is -0.899. The molecule has 0 radical (unpaired) electrons. The molecule has 0 aliphatic rings. The van der Waals surface area contributed by atoms with E-state index in [0.717, 1.165) is 29.6 Å². The van der Waals surface area contributed by atoms with Gasteiger partial charge in [-0.2, -0.15) is 0 Å². The molecular formula is C25H21F2N3O3S. The molecule has 4 rings (SSSR count). The summed E-state index contributed by atoms with van der Waals surface area (Å²) in [4.78, 5) is 12.9. The number of nitrogens with zero attached hydrogens (tertiary/aromatic N) is 3. The second kappa shape index (κ2) is 10.0. The zero-order valence-electron chi connectivity index (χ0n) is 18.7. The lowest BCUT2D eigenvalue weighted by molar-refractivity contribution is 0.0990. The summed E-state index contributed by atoms with van der Waals surface area (Å²) >= 11 is 1.13. The van der Waals surface area contributed by atoms with E-state index in [-0.39, 0.29) is 5.56 Å². The first-order chi connectivity index (χ1) is 16.4. The van der Waals surface area contributed by atoms with Crippen molar-refractivity contribution in [2.24, 2.45) is 0 Å². The summed E-state index contributed by atoms with van der Waals surface area (Å²) in [6.07, 6.45) is 0. The first-order valence-electron chi connectivity index (χ1n) is 10.3. The number of para-hydroxylation sites is 1. The molecule has 1 unspecified atom stereocenters. The highest BCUT2D eigenvalue weighted by atomic mass is 32.2. The summed E-state index contributed by atoms with van der Waals surface area (Å²) in [5.41, 5.74) is 1.27. The van der Waals surface area contributed by atoms with E-state index in [9.17, 15) is 13.6 Å². The molecule has 0 amide bonds. The molecule has 0 saturated heterocycles. The van der Waals surface area contributed by atoms with Crippen LogP contribution in [0, 0.1) is 11.6 Å². The van der Waals surface area contributed by atoms with Crippen LogP contribution in [0.25, 0.3) is 17.1 Å². The van der Waals surface area contributed by atoms with Gasteiger partial charge in [0.1, 0.15) is 23.1 Å². The number of methoxy groups -OCH3 is 2. The van der Waals surface area contributed by atoms with Crippen LogP contribution in [0.2, 0.25) is 0 Å². The Morgan fingerprint density at radius 3 is 2.38 bits per heavy atom. The average Bonchev–Trinajstić information content (AvgIpc) is 3.26. The Morgan fingerprint density at radius 2 is 1.71 bits per heavy atom. The molecular weight excluding hydrogens is 460 g/mol. The normalized spacial score (nSPS) is 11.8. The topological polar surface area (TPSA) is 66.2 Å². The van der Waals surface area contributed by atoms with Gasteiger partial charge in [-0.15, -0.1) is 10.2 Å². The Morgan fingerprint density at radius 1 is 0.971 bits per heavy atom. The van der Waals surface area contributed by atoms with E-state index < -0.39 is 22.7 Å². The fourth-order valence-electron chi connectivity index (χ4n) is 3.43. The second-order valence-corrected chi connectivity index (χ2v) is 8.60. The maximum absolute atomic E-state index is 14.2. The number of thioether (sulfide) groups is 1. The van der Waals surface area contributed by atoms with Crippen LogP contribution in [-0.4, -0.2) is 40.0 Å². The highest BCUT2D eigenvalue weighted by Crippen LogP contribution is 2.35. The summed E-state index contributed by atoms with van der Waals surface area (Å²) in [7, 11) is 3.15. The van der Waals surface area contributed by atoms with Gasteiger partial charge in [-0.05, 0) is 55.5 Å². The molecule has 6 nitrogen and oxygen atoms in total. The minimum absolute atomic E-state index is 0.179. The van der Waals surface area contributed by atoms with Gasteiger partial charge in [-0.25, -0.2) is 8.78 Å². The van der Waals surface area contributed by atoms with Crippen molar-refractivity contribution in [2.45, 2.75) is 17.3 Å². The summed E-state index contributed by atoms with van der Waals surface area (Å²) in [5, 5.41) is 8.41. The number of carbonyl (C=O) groups is 1. The molecule has 1 heterocycles. The molecule has 0 bridgehead atoms. The number of benzene rings is 3. The molecule has 3 aromatic carbocycles. The number of hydrogen-bond acceptors (Lipinski definition) is 6. The van der Waals surface area contributed by atoms with Gasteiger partial charge in [0.15, 0.2) is 16.8 Å². The van der Waals surface area contributed by atoms with E-state index in [1.807, 2.05) is 36.4 Å². The van der Waals surface area contributed by atoms with E-state index in [0.29, 0.717) is 34.1 Å². The number of carbonyl (C=O) groups excluding carboxylic acids is 1. The molecule has 174 valence electrons. The second-order valence-electron chi connectivity index (χ2n) is 7.29. The zero-order valence-corrected chi connectivity index (χ0v) is 19.5. The monoisotopic (exact) mass is 481 g/mol. The standard InChI is InChI=1S/C25H21F2N3O3S/c1-15(23(31)19-13-8-16(26)14-21(19)27)34-25-29-28-24(20-6-4-5-7-22(20)33-3)30(25)17-9-11-18(32-2)12-10-17/h4-15H,1-3H3. The third-order valence-corrected chi connectivity index (χ3v) is 6.20. The lowest BCUT2D eigenvalue weighted by atomic mass is 10.1. The van der Waals surface area contributed by atoms with Crippen molar-refractivity contribution >= 4 is 17.5 Å². The van der Waals surface area contributed by atoms with Crippen LogP contribution in [0.5, 0.6) is 11.5 Å². The fraction of sp³-hybridized carbons (Fsp3) is 0.160. The summed E-state index contributed by atoms with van der Waals surface area (Å²) in [5.74, 6) is -0.318. The average molecular weight is 482 g/mol. The SMILES string of the molecule is COc1ccc(-n2c(SC(C)C(=O)c3ccc(F)cc3F)nnc2-c2ccccc2OC)cc1. The quantitative estimate of drug-likeness (QED) is 0.241. The maximum Gasteiger partial charge on any atom is 0.196 e. The van der Waals surface area contributed by atoms with Gasteiger partial charge in [-0.3, -0.25) is 9.36 Å². The summed E-state index contributed by atoms with van der Waals surface area (Å²) in [6, 6.07) is 17.6. The molecule has 34 heavy (non-hydrogen) atoms. The van der Waals surface area contributed by atoms with E-state index in [1.165, 1.54) is 0 Å². The van der Waals surface area contributed by atoms with Gasteiger partial charge in [0.2, 0.25) is 0 Å². The molecule has 1 aromatic heterocycles. The maximum atomic E-state index is 14.2. The van der Waals surface area contributed by atoms with Crippen molar-refractivity contribution in [2.75, 3.05) is 14.2 Å². The van der Waals surface area contributed by atoms with Crippen molar-refractivity contribution in [3.05, 3.63) is 83.9 Å². The van der Waals surface area contributed by atoms with E-state index in [4.69, 9.17) is 9.47 Å². The Hall–Kier alpha value is -3.72. The molecule has 0 aliphatic carbocycles. The summed E-state index contributed by atoms with van der Waals surface area (Å²) < 4.78 is 40.0. The molecule has 1 atom stereocenters. The van der Waals surface area contributed by atoms with Crippen molar-refractivity contribution < 1.29 is 23.0 Å². The van der Waals surface area contributed by atoms with Crippen molar-refractivity contribution in [3.8, 4) is 28.6 Å². The van der Waals surface area contributed by atoms with Crippen LogP contribution < -0.4 is 9.47 Å². The largest absolute Gasteiger partial charge is 0.497 e. The lowest BCUT2D eigenvalue weighted by Crippen LogP contribution is -2.16. The Labute approximate surface area is 199 Å². The van der Waals surface area contributed by atoms with Gasteiger partial charge >= 0.3 is 0 Å². The van der Waals surface area contributed by atoms with Gasteiger partial charge in [0.05, 0.1) is 36.3 Å². The van der Waals surface area contributed by atoms with Crippen molar-refractivity contribution in [1.29, 1.82) is 0 Å². The molecule has 9 heteroatoms. The third-order valence-electron chi connectivity index (χ3n) is 5.16. The molecule has 0 spiro atoms. The number of halogens is 2. The van der Waals surface area contributed by atoms with Gasteiger partial charge < -0.3 is 9.47 Å². The van der Waals surface area contributed by atoms with E-state index >= 15 is 0 Å². The number of ketones is 1. The van der Waals surface area contributed by atoms with Gasteiger partial charge in [0, 0.05) is 6.07 Å². The van der Waals surface area contributed by atoms with Crippen molar-refractivity contribution in [3.63, 3.8) is 0 Å². The first kappa shape index (κ1) is 23.4. The predicted octanol–water partition coefficient (Wildman–Crippen LogP) is 5.59. The third kappa shape index (κ3) is 4.65. The Bertz CT molecular complexity index is 1330.